The van der Waals surface area contributed by atoms with Crippen molar-refractivity contribution < 1.29 is 28.6 Å². The summed E-state index contributed by atoms with van der Waals surface area (Å²) in [5, 5.41) is 4.94. The lowest BCUT2D eigenvalue weighted by Gasteiger charge is -2.35. The largest absolute Gasteiger partial charge is 0.508 e. The quantitative estimate of drug-likeness (QED) is 0.432. The van der Waals surface area contributed by atoms with Crippen molar-refractivity contribution in [2.45, 2.75) is 18.7 Å². The van der Waals surface area contributed by atoms with E-state index in [1.807, 2.05) is 30.3 Å². The highest BCUT2D eigenvalue weighted by molar-refractivity contribution is 6.18. The lowest BCUT2D eigenvalue weighted by atomic mass is 10.0. The predicted octanol–water partition coefficient (Wildman–Crippen LogP) is 1.17. The molecule has 2 N–H and O–H groups in total. The Kier molecular flexibility index (Phi) is 6.68. The highest BCUT2D eigenvalue weighted by Gasteiger charge is 2.41. The molecule has 9 heteroatoms. The molecule has 1 aliphatic heterocycles. The second kappa shape index (κ2) is 8.97. The van der Waals surface area contributed by atoms with Crippen LogP contribution in [0.5, 0.6) is 0 Å². The zero-order chi connectivity index (χ0) is 17.4. The van der Waals surface area contributed by atoms with Crippen molar-refractivity contribution >= 4 is 29.8 Å². The number of nitrogens with one attached hydrogen (secondary N) is 2. The topological polar surface area (TPSA) is 103 Å². The average molecular weight is 357 g/mol. The van der Waals surface area contributed by atoms with Gasteiger partial charge in [0.2, 0.25) is 5.91 Å². The summed E-state index contributed by atoms with van der Waals surface area (Å²) < 4.78 is 14.5. The zero-order valence-corrected chi connectivity index (χ0v) is 13.5. The average Bonchev–Trinajstić information content (AvgIpc) is 2.60. The van der Waals surface area contributed by atoms with Crippen LogP contribution in [0.2, 0.25) is 0 Å². The van der Waals surface area contributed by atoms with E-state index in [0.29, 0.717) is 0 Å². The molecule has 2 unspecified atom stereocenters. The summed E-state index contributed by atoms with van der Waals surface area (Å²) in [7, 11) is 0. The Labute approximate surface area is 143 Å². The van der Waals surface area contributed by atoms with Crippen LogP contribution in [0.25, 0.3) is 0 Å². The molecule has 0 saturated carbocycles. The van der Waals surface area contributed by atoms with Crippen molar-refractivity contribution in [1.82, 2.24) is 10.6 Å². The summed E-state index contributed by atoms with van der Waals surface area (Å²) in [5.41, 5.74) is 0.827. The molecule has 1 saturated heterocycles. The van der Waals surface area contributed by atoms with Gasteiger partial charge in [0, 0.05) is 0 Å². The van der Waals surface area contributed by atoms with E-state index in [1.54, 1.807) is 0 Å². The highest BCUT2D eigenvalue weighted by Crippen LogP contribution is 2.08. The lowest BCUT2D eigenvalue weighted by Crippen LogP contribution is -2.70. The van der Waals surface area contributed by atoms with Crippen LogP contribution >= 0.6 is 11.6 Å². The van der Waals surface area contributed by atoms with Gasteiger partial charge >= 0.3 is 12.2 Å². The SMILES string of the molecule is O=C(NC1C(=O)NC1COC(=O)OCCCl)OCc1ccccc1. The molecule has 24 heavy (non-hydrogen) atoms. The number of hydrogen-bond acceptors (Lipinski definition) is 6. The highest BCUT2D eigenvalue weighted by atomic mass is 35.5. The van der Waals surface area contributed by atoms with Crippen molar-refractivity contribution in [2.24, 2.45) is 0 Å². The first-order chi connectivity index (χ1) is 11.6. The van der Waals surface area contributed by atoms with Gasteiger partial charge in [0.15, 0.2) is 0 Å². The second-order valence-electron chi connectivity index (χ2n) is 4.90. The van der Waals surface area contributed by atoms with Gasteiger partial charge in [-0.1, -0.05) is 30.3 Å². The molecule has 2 atom stereocenters. The number of alkyl halides is 1. The maximum absolute atomic E-state index is 11.7. The minimum absolute atomic E-state index is 0.0326. The maximum atomic E-state index is 11.7. The van der Waals surface area contributed by atoms with Crippen LogP contribution in [-0.4, -0.2) is 49.3 Å². The molecule has 130 valence electrons. The Balaban J connectivity index is 1.71. The third-order valence-corrected chi connectivity index (χ3v) is 3.33. The van der Waals surface area contributed by atoms with Crippen LogP contribution in [0.4, 0.5) is 9.59 Å². The van der Waals surface area contributed by atoms with Gasteiger partial charge in [-0.15, -0.1) is 11.6 Å². The third-order valence-electron chi connectivity index (χ3n) is 3.18. The van der Waals surface area contributed by atoms with E-state index in [0.717, 1.165) is 5.56 Å². The number of ether oxygens (including phenoxy) is 3. The monoisotopic (exact) mass is 356 g/mol. The summed E-state index contributed by atoms with van der Waals surface area (Å²) >= 11 is 5.37. The molecule has 8 nitrogen and oxygen atoms in total. The molecular weight excluding hydrogens is 340 g/mol. The van der Waals surface area contributed by atoms with Gasteiger partial charge in [-0.3, -0.25) is 4.79 Å². The fourth-order valence-electron chi connectivity index (χ4n) is 1.96. The number of halogens is 1. The van der Waals surface area contributed by atoms with Crippen molar-refractivity contribution in [3.05, 3.63) is 35.9 Å². The first-order valence-electron chi connectivity index (χ1n) is 7.23. The first kappa shape index (κ1) is 17.9. The normalized spacial score (nSPS) is 18.8. The number of carbonyl (C=O) groups is 3. The predicted molar refractivity (Wildman–Crippen MR) is 83.5 cm³/mol. The summed E-state index contributed by atoms with van der Waals surface area (Å²) in [6.45, 7) is -0.00563. The van der Waals surface area contributed by atoms with Gasteiger partial charge in [0.1, 0.15) is 25.9 Å². The van der Waals surface area contributed by atoms with Crippen LogP contribution in [0, 0.1) is 0 Å². The smallest absolute Gasteiger partial charge is 0.445 e. The molecule has 1 aliphatic rings. The van der Waals surface area contributed by atoms with E-state index in [-0.39, 0.29) is 31.6 Å². The number of β-lactam (4-membered cyclic amide) rings is 1. The molecule has 2 rings (SSSR count). The minimum atomic E-state index is -0.887. The standard InChI is InChI=1S/C15H17ClN2O6/c16-6-7-22-15(21)24-9-11-12(13(19)17-11)18-14(20)23-8-10-4-2-1-3-5-10/h1-5,11-12H,6-9H2,(H,17,19)(H,18,20). The van der Waals surface area contributed by atoms with Gasteiger partial charge < -0.3 is 24.8 Å². The van der Waals surface area contributed by atoms with Crippen molar-refractivity contribution in [2.75, 3.05) is 19.1 Å². The van der Waals surface area contributed by atoms with Crippen molar-refractivity contribution in [3.8, 4) is 0 Å². The molecule has 1 heterocycles. The fraction of sp³-hybridized carbons (Fsp3) is 0.400. The molecule has 0 bridgehead atoms. The summed E-state index contributed by atoms with van der Waals surface area (Å²) in [5.74, 6) is -0.221. The number of hydrogen-bond donors (Lipinski definition) is 2. The van der Waals surface area contributed by atoms with Gasteiger partial charge in [-0.2, -0.15) is 0 Å². The summed E-state index contributed by atoms with van der Waals surface area (Å²) in [6, 6.07) is 7.77. The number of benzene rings is 1. The van der Waals surface area contributed by atoms with Crippen LogP contribution < -0.4 is 10.6 Å². The molecule has 1 fully saturated rings. The number of rotatable bonds is 7. The molecule has 0 spiro atoms. The van der Waals surface area contributed by atoms with Crippen LogP contribution in [0.1, 0.15) is 5.56 Å². The van der Waals surface area contributed by atoms with Gasteiger partial charge in [0.25, 0.3) is 0 Å². The molecule has 0 aromatic heterocycles. The summed E-state index contributed by atoms with van der Waals surface area (Å²) in [6.07, 6.45) is -1.62. The van der Waals surface area contributed by atoms with Crippen molar-refractivity contribution in [3.63, 3.8) is 0 Å². The van der Waals surface area contributed by atoms with E-state index < -0.39 is 24.3 Å². The van der Waals surface area contributed by atoms with Crippen molar-refractivity contribution in [1.29, 1.82) is 0 Å². The molecule has 1 aromatic rings. The first-order valence-corrected chi connectivity index (χ1v) is 7.76. The Morgan fingerprint density at radius 3 is 2.58 bits per heavy atom. The van der Waals surface area contributed by atoms with E-state index in [2.05, 4.69) is 15.4 Å². The Bertz CT molecular complexity index is 583. The number of amides is 2. The van der Waals surface area contributed by atoms with E-state index in [9.17, 15) is 14.4 Å². The molecular formula is C15H17ClN2O6. The fourth-order valence-corrected chi connectivity index (χ4v) is 2.04. The van der Waals surface area contributed by atoms with E-state index in [4.69, 9.17) is 21.1 Å². The Hall–Kier alpha value is -2.48. The van der Waals surface area contributed by atoms with Crippen LogP contribution in [0.15, 0.2) is 30.3 Å². The third kappa shape index (κ3) is 5.31. The lowest BCUT2D eigenvalue weighted by molar-refractivity contribution is -0.133. The maximum Gasteiger partial charge on any atom is 0.508 e. The number of carbonyl (C=O) groups excluding carboxylic acids is 3. The van der Waals surface area contributed by atoms with Crippen LogP contribution in [-0.2, 0) is 25.6 Å². The minimum Gasteiger partial charge on any atom is -0.445 e. The van der Waals surface area contributed by atoms with E-state index >= 15 is 0 Å². The van der Waals surface area contributed by atoms with Gasteiger partial charge in [-0.25, -0.2) is 9.59 Å². The zero-order valence-electron chi connectivity index (χ0n) is 12.7. The van der Waals surface area contributed by atoms with Gasteiger partial charge in [0.05, 0.1) is 11.9 Å². The molecule has 0 radical (unpaired) electrons. The summed E-state index contributed by atoms with van der Waals surface area (Å²) in [4.78, 5) is 34.4. The molecule has 1 aromatic carbocycles. The molecule has 2 amide bonds. The second-order valence-corrected chi connectivity index (χ2v) is 5.28. The van der Waals surface area contributed by atoms with E-state index in [1.165, 1.54) is 0 Å². The molecule has 0 aliphatic carbocycles. The van der Waals surface area contributed by atoms with Gasteiger partial charge in [-0.05, 0) is 5.56 Å². The van der Waals surface area contributed by atoms with Crippen LogP contribution in [0.3, 0.4) is 0 Å². The number of alkyl carbamates (subject to hydrolysis) is 1. The Morgan fingerprint density at radius 1 is 1.17 bits per heavy atom. The Morgan fingerprint density at radius 2 is 1.92 bits per heavy atom.